The summed E-state index contributed by atoms with van der Waals surface area (Å²) in [7, 11) is -3.34. The Balaban J connectivity index is 2.17. The van der Waals surface area contributed by atoms with Crippen molar-refractivity contribution in [3.05, 3.63) is 12.4 Å². The van der Waals surface area contributed by atoms with Crippen LogP contribution in [0.2, 0.25) is 0 Å². The fraction of sp³-hybridized carbons (Fsp3) is 0.700. The van der Waals surface area contributed by atoms with E-state index in [4.69, 9.17) is 9.88 Å². The second kappa shape index (κ2) is 6.61. The van der Waals surface area contributed by atoms with Gasteiger partial charge in [0.1, 0.15) is 0 Å². The number of nitrogens with zero attached hydrogens (tertiary/aromatic N) is 2. The van der Waals surface area contributed by atoms with Crippen molar-refractivity contribution < 1.29 is 13.2 Å². The second-order valence-electron chi connectivity index (χ2n) is 3.86. The summed E-state index contributed by atoms with van der Waals surface area (Å²) in [6.07, 6.45) is 5.70. The highest BCUT2D eigenvalue weighted by Crippen LogP contribution is 2.09. The summed E-state index contributed by atoms with van der Waals surface area (Å²) in [5, 5.41) is 9.00. The van der Waals surface area contributed by atoms with Crippen LogP contribution in [0, 0.1) is 0 Å². The Morgan fingerprint density at radius 3 is 2.88 bits per heavy atom. The molecule has 6 nitrogen and oxygen atoms in total. The first-order valence-electron chi connectivity index (χ1n) is 5.67. The quantitative estimate of drug-likeness (QED) is 0.699. The lowest BCUT2D eigenvalue weighted by Gasteiger charge is -2.02. The molecule has 1 aromatic heterocycles. The predicted molar refractivity (Wildman–Crippen MR) is 65.2 cm³/mol. The minimum atomic E-state index is -3.34. The van der Waals surface area contributed by atoms with Gasteiger partial charge in [0.15, 0.2) is 5.75 Å². The van der Waals surface area contributed by atoms with Crippen LogP contribution in [0.5, 0.6) is 5.75 Å². The van der Waals surface area contributed by atoms with Gasteiger partial charge in [-0.1, -0.05) is 6.92 Å². The zero-order chi connectivity index (χ0) is 12.7. The van der Waals surface area contributed by atoms with E-state index in [1.165, 1.54) is 0 Å². The average Bonchev–Trinajstić information content (AvgIpc) is 2.64. The molecule has 7 heteroatoms. The number of sulfonamides is 1. The van der Waals surface area contributed by atoms with Gasteiger partial charge in [-0.05, 0) is 19.3 Å². The Bertz CT molecular complexity index is 428. The Hall–Kier alpha value is -1.08. The lowest BCUT2D eigenvalue weighted by Crippen LogP contribution is -2.16. The summed E-state index contributed by atoms with van der Waals surface area (Å²) in [5.41, 5.74) is 0. The molecule has 0 aliphatic carbocycles. The Kier molecular flexibility index (Phi) is 5.43. The van der Waals surface area contributed by atoms with Gasteiger partial charge >= 0.3 is 0 Å². The molecule has 1 rings (SSSR count). The van der Waals surface area contributed by atoms with Crippen molar-refractivity contribution in [1.29, 1.82) is 0 Å². The van der Waals surface area contributed by atoms with Crippen LogP contribution >= 0.6 is 0 Å². The van der Waals surface area contributed by atoms with Gasteiger partial charge in [0.05, 0.1) is 24.8 Å². The van der Waals surface area contributed by atoms with E-state index < -0.39 is 10.0 Å². The standard InChI is InChI=1S/C10H19N3O3S/c1-2-5-13-9-10(8-12-13)16-6-3-4-7-17(11,14)15/h8-9H,2-7H2,1H3,(H2,11,14,15). The first kappa shape index (κ1) is 14.0. The highest BCUT2D eigenvalue weighted by Gasteiger charge is 2.02. The number of aromatic nitrogens is 2. The Morgan fingerprint density at radius 1 is 1.47 bits per heavy atom. The zero-order valence-corrected chi connectivity index (χ0v) is 10.8. The molecule has 2 N–H and O–H groups in total. The van der Waals surface area contributed by atoms with Crippen molar-refractivity contribution in [3.8, 4) is 5.75 Å². The molecule has 0 unspecified atom stereocenters. The lowest BCUT2D eigenvalue weighted by molar-refractivity contribution is 0.309. The maximum atomic E-state index is 10.7. The minimum absolute atomic E-state index is 0.00541. The van der Waals surface area contributed by atoms with E-state index in [0.29, 0.717) is 25.2 Å². The van der Waals surface area contributed by atoms with Gasteiger partial charge in [-0.15, -0.1) is 0 Å². The van der Waals surface area contributed by atoms with Gasteiger partial charge in [-0.2, -0.15) is 5.10 Å². The fourth-order valence-corrected chi connectivity index (χ4v) is 1.97. The lowest BCUT2D eigenvalue weighted by atomic mass is 10.4. The van der Waals surface area contributed by atoms with Gasteiger partial charge < -0.3 is 4.74 Å². The minimum Gasteiger partial charge on any atom is -0.490 e. The maximum absolute atomic E-state index is 10.7. The van der Waals surface area contributed by atoms with E-state index in [9.17, 15) is 8.42 Å². The first-order valence-corrected chi connectivity index (χ1v) is 7.38. The average molecular weight is 261 g/mol. The Morgan fingerprint density at radius 2 is 2.24 bits per heavy atom. The summed E-state index contributed by atoms with van der Waals surface area (Å²) in [5.74, 6) is 0.722. The molecule has 0 radical (unpaired) electrons. The molecular formula is C10H19N3O3S. The number of hydrogen-bond acceptors (Lipinski definition) is 4. The second-order valence-corrected chi connectivity index (χ2v) is 5.60. The molecular weight excluding hydrogens is 242 g/mol. The van der Waals surface area contributed by atoms with Crippen molar-refractivity contribution >= 4 is 10.0 Å². The third-order valence-electron chi connectivity index (χ3n) is 2.15. The zero-order valence-electron chi connectivity index (χ0n) is 10.0. The molecule has 0 saturated heterocycles. The van der Waals surface area contributed by atoms with E-state index in [1.807, 2.05) is 10.9 Å². The maximum Gasteiger partial charge on any atom is 0.209 e. The largest absolute Gasteiger partial charge is 0.490 e. The molecule has 0 bridgehead atoms. The van der Waals surface area contributed by atoms with E-state index in [0.717, 1.165) is 13.0 Å². The molecule has 0 fully saturated rings. The molecule has 0 amide bonds. The first-order chi connectivity index (χ1) is 8.01. The number of unbranched alkanes of at least 4 members (excludes halogenated alkanes) is 1. The molecule has 1 aromatic rings. The van der Waals surface area contributed by atoms with Crippen molar-refractivity contribution in [3.63, 3.8) is 0 Å². The van der Waals surface area contributed by atoms with Gasteiger partial charge in [0.2, 0.25) is 10.0 Å². The van der Waals surface area contributed by atoms with Gasteiger partial charge in [0, 0.05) is 6.54 Å². The topological polar surface area (TPSA) is 87.2 Å². The fourth-order valence-electron chi connectivity index (χ4n) is 1.37. The van der Waals surface area contributed by atoms with E-state index in [2.05, 4.69) is 12.0 Å². The van der Waals surface area contributed by atoms with E-state index in [-0.39, 0.29) is 5.75 Å². The number of ether oxygens (including phenoxy) is 1. The Labute approximate surface area is 102 Å². The molecule has 0 aromatic carbocycles. The SMILES string of the molecule is CCCn1cc(OCCCCS(N)(=O)=O)cn1. The molecule has 17 heavy (non-hydrogen) atoms. The van der Waals surface area contributed by atoms with Crippen molar-refractivity contribution in [2.75, 3.05) is 12.4 Å². The number of hydrogen-bond donors (Lipinski definition) is 1. The molecule has 0 saturated carbocycles. The summed E-state index contributed by atoms with van der Waals surface area (Å²) < 4.78 is 28.6. The van der Waals surface area contributed by atoms with E-state index >= 15 is 0 Å². The number of primary sulfonamides is 1. The molecule has 98 valence electrons. The summed E-state index contributed by atoms with van der Waals surface area (Å²) >= 11 is 0. The van der Waals surface area contributed by atoms with Gasteiger partial charge in [-0.3, -0.25) is 4.68 Å². The van der Waals surface area contributed by atoms with Crippen molar-refractivity contribution in [2.24, 2.45) is 5.14 Å². The molecule has 1 heterocycles. The number of nitrogens with two attached hydrogens (primary N) is 1. The predicted octanol–water partition coefficient (Wildman–Crippen LogP) is 0.741. The van der Waals surface area contributed by atoms with Crippen LogP contribution in [0.25, 0.3) is 0 Å². The highest BCUT2D eigenvalue weighted by molar-refractivity contribution is 7.89. The highest BCUT2D eigenvalue weighted by atomic mass is 32.2. The van der Waals surface area contributed by atoms with E-state index in [1.54, 1.807) is 6.20 Å². The summed E-state index contributed by atoms with van der Waals surface area (Å²) in [6.45, 7) is 3.43. The summed E-state index contributed by atoms with van der Waals surface area (Å²) in [6, 6.07) is 0. The van der Waals surface area contributed by atoms with Crippen LogP contribution in [0.1, 0.15) is 26.2 Å². The number of aryl methyl sites for hydroxylation is 1. The van der Waals surface area contributed by atoms with Crippen LogP contribution in [0.3, 0.4) is 0 Å². The van der Waals surface area contributed by atoms with Gasteiger partial charge in [-0.25, -0.2) is 13.6 Å². The smallest absolute Gasteiger partial charge is 0.209 e. The molecule has 0 spiro atoms. The van der Waals surface area contributed by atoms with Crippen LogP contribution in [0.15, 0.2) is 12.4 Å². The van der Waals surface area contributed by atoms with Crippen LogP contribution in [-0.2, 0) is 16.6 Å². The van der Waals surface area contributed by atoms with Crippen LogP contribution in [0.4, 0.5) is 0 Å². The third-order valence-corrected chi connectivity index (χ3v) is 3.01. The number of rotatable bonds is 8. The third kappa shape index (κ3) is 6.28. The monoisotopic (exact) mass is 261 g/mol. The normalized spacial score (nSPS) is 11.6. The van der Waals surface area contributed by atoms with Crippen LogP contribution < -0.4 is 9.88 Å². The summed E-state index contributed by atoms with van der Waals surface area (Å²) in [4.78, 5) is 0. The molecule has 0 aliphatic heterocycles. The van der Waals surface area contributed by atoms with Crippen molar-refractivity contribution in [2.45, 2.75) is 32.7 Å². The molecule has 0 aliphatic rings. The van der Waals surface area contributed by atoms with Crippen LogP contribution in [-0.4, -0.2) is 30.6 Å². The molecule has 0 atom stereocenters. The van der Waals surface area contributed by atoms with Crippen molar-refractivity contribution in [1.82, 2.24) is 9.78 Å². The van der Waals surface area contributed by atoms with Gasteiger partial charge in [0.25, 0.3) is 0 Å².